The van der Waals surface area contributed by atoms with Crippen molar-refractivity contribution in [3.05, 3.63) is 0 Å². The number of methoxy groups -OCH3 is 1. The van der Waals surface area contributed by atoms with Crippen LogP contribution in [0.15, 0.2) is 0 Å². The van der Waals surface area contributed by atoms with Gasteiger partial charge in [-0.2, -0.15) is 0 Å². The van der Waals surface area contributed by atoms with Gasteiger partial charge in [0, 0.05) is 20.3 Å². The lowest BCUT2D eigenvalue weighted by Crippen LogP contribution is -2.25. The van der Waals surface area contributed by atoms with Crippen LogP contribution in [0, 0.1) is 5.41 Å². The van der Waals surface area contributed by atoms with Crippen LogP contribution in [-0.4, -0.2) is 40.0 Å². The molecule has 1 aliphatic rings. The molecule has 0 heterocycles. The molecule has 3 nitrogen and oxygen atoms in total. The van der Waals surface area contributed by atoms with E-state index in [-0.39, 0.29) is 0 Å². The molecule has 16 heavy (non-hydrogen) atoms. The molecule has 1 saturated carbocycles. The normalized spacial score (nSPS) is 17.6. The van der Waals surface area contributed by atoms with Crippen LogP contribution in [0.4, 0.5) is 0 Å². The summed E-state index contributed by atoms with van der Waals surface area (Å²) in [7, 11) is 1.71. The third kappa shape index (κ3) is 5.83. The lowest BCUT2D eigenvalue weighted by Gasteiger charge is -2.15. The maximum atomic E-state index is 5.48. The second-order valence-electron chi connectivity index (χ2n) is 4.89. The van der Waals surface area contributed by atoms with Crippen LogP contribution in [0.3, 0.4) is 0 Å². The van der Waals surface area contributed by atoms with Crippen LogP contribution in [0.2, 0.25) is 0 Å². The van der Waals surface area contributed by atoms with E-state index >= 15 is 0 Å². The van der Waals surface area contributed by atoms with Crippen molar-refractivity contribution in [2.24, 2.45) is 5.41 Å². The van der Waals surface area contributed by atoms with E-state index in [4.69, 9.17) is 9.47 Å². The van der Waals surface area contributed by atoms with Crippen molar-refractivity contribution in [1.29, 1.82) is 0 Å². The highest BCUT2D eigenvalue weighted by atomic mass is 16.5. The Hall–Kier alpha value is -0.120. The van der Waals surface area contributed by atoms with Crippen molar-refractivity contribution in [2.75, 3.05) is 40.0 Å². The number of rotatable bonds is 11. The van der Waals surface area contributed by atoms with Crippen LogP contribution in [0.5, 0.6) is 0 Å². The first kappa shape index (κ1) is 13.9. The summed E-state index contributed by atoms with van der Waals surface area (Å²) in [5, 5.41) is 3.54. The van der Waals surface area contributed by atoms with E-state index in [0.717, 1.165) is 19.8 Å². The van der Waals surface area contributed by atoms with Gasteiger partial charge in [0.05, 0.1) is 13.2 Å². The molecular formula is C13H27NO2. The average molecular weight is 229 g/mol. The molecule has 0 aromatic heterocycles. The van der Waals surface area contributed by atoms with Gasteiger partial charge in [-0.15, -0.1) is 0 Å². The fourth-order valence-electron chi connectivity index (χ4n) is 2.02. The highest BCUT2D eigenvalue weighted by Gasteiger charge is 2.40. The molecule has 0 amide bonds. The van der Waals surface area contributed by atoms with Crippen molar-refractivity contribution in [3.8, 4) is 0 Å². The Kier molecular flexibility index (Phi) is 7.01. The van der Waals surface area contributed by atoms with Crippen molar-refractivity contribution >= 4 is 0 Å². The summed E-state index contributed by atoms with van der Waals surface area (Å²) in [5.74, 6) is 0. The summed E-state index contributed by atoms with van der Waals surface area (Å²) in [6.07, 6.45) is 6.55. The Morgan fingerprint density at radius 2 is 2.00 bits per heavy atom. The predicted octanol–water partition coefficient (Wildman–Crippen LogP) is 2.21. The molecule has 0 unspecified atom stereocenters. The second kappa shape index (κ2) is 8.04. The van der Waals surface area contributed by atoms with E-state index in [9.17, 15) is 0 Å². The van der Waals surface area contributed by atoms with Gasteiger partial charge in [-0.3, -0.25) is 0 Å². The van der Waals surface area contributed by atoms with Gasteiger partial charge in [0.2, 0.25) is 0 Å². The van der Waals surface area contributed by atoms with Gasteiger partial charge in [-0.05, 0) is 44.1 Å². The fraction of sp³-hybridized carbons (Fsp3) is 1.00. The summed E-state index contributed by atoms with van der Waals surface area (Å²) in [4.78, 5) is 0. The highest BCUT2D eigenvalue weighted by Crippen LogP contribution is 2.48. The first-order valence-corrected chi connectivity index (χ1v) is 6.60. The molecule has 1 aliphatic carbocycles. The summed E-state index contributed by atoms with van der Waals surface area (Å²) in [6, 6.07) is 0. The van der Waals surface area contributed by atoms with Crippen molar-refractivity contribution in [1.82, 2.24) is 5.32 Å². The third-order valence-corrected chi connectivity index (χ3v) is 3.31. The van der Waals surface area contributed by atoms with Gasteiger partial charge in [0.1, 0.15) is 0 Å². The molecule has 0 aliphatic heterocycles. The Bertz CT molecular complexity index is 169. The summed E-state index contributed by atoms with van der Waals surface area (Å²) in [5.41, 5.74) is 0.625. The maximum Gasteiger partial charge on any atom is 0.0700 e. The lowest BCUT2D eigenvalue weighted by molar-refractivity contribution is 0.0667. The van der Waals surface area contributed by atoms with Crippen LogP contribution < -0.4 is 5.32 Å². The zero-order valence-electron chi connectivity index (χ0n) is 10.9. The highest BCUT2D eigenvalue weighted by molar-refractivity contribution is 4.94. The minimum absolute atomic E-state index is 0.625. The summed E-state index contributed by atoms with van der Waals surface area (Å²) < 4.78 is 10.4. The molecule has 1 rings (SSSR count). The van der Waals surface area contributed by atoms with E-state index in [0.29, 0.717) is 12.0 Å². The van der Waals surface area contributed by atoms with E-state index in [2.05, 4.69) is 12.2 Å². The molecule has 1 fully saturated rings. The van der Waals surface area contributed by atoms with E-state index < -0.39 is 0 Å². The molecule has 0 spiro atoms. The average Bonchev–Trinajstić information content (AvgIpc) is 3.04. The molecule has 96 valence electrons. The standard InChI is InChI=1S/C13H27NO2/c1-3-8-14-12-13(6-7-13)5-4-9-16-11-10-15-2/h14H,3-12H2,1-2H3. The largest absolute Gasteiger partial charge is 0.382 e. The minimum Gasteiger partial charge on any atom is -0.382 e. The summed E-state index contributed by atoms with van der Waals surface area (Å²) >= 11 is 0. The molecule has 1 N–H and O–H groups in total. The molecule has 0 saturated heterocycles. The van der Waals surface area contributed by atoms with E-state index in [1.807, 2.05) is 0 Å². The lowest BCUT2D eigenvalue weighted by atomic mass is 10.0. The molecule has 0 aromatic rings. The monoisotopic (exact) mass is 229 g/mol. The zero-order valence-corrected chi connectivity index (χ0v) is 10.9. The number of hydrogen-bond acceptors (Lipinski definition) is 3. The van der Waals surface area contributed by atoms with Crippen LogP contribution in [0.25, 0.3) is 0 Å². The van der Waals surface area contributed by atoms with Gasteiger partial charge >= 0.3 is 0 Å². The molecule has 0 bridgehead atoms. The SMILES string of the molecule is CCCNCC1(CCCOCCOC)CC1. The Labute approximate surface area is 99.9 Å². The van der Waals surface area contributed by atoms with Gasteiger partial charge in [-0.25, -0.2) is 0 Å². The molecule has 3 heteroatoms. The van der Waals surface area contributed by atoms with Gasteiger partial charge in [-0.1, -0.05) is 6.92 Å². The quantitative estimate of drug-likeness (QED) is 0.551. The van der Waals surface area contributed by atoms with Gasteiger partial charge in [0.25, 0.3) is 0 Å². The summed E-state index contributed by atoms with van der Waals surface area (Å²) in [6.45, 7) is 6.92. The maximum absolute atomic E-state index is 5.48. The van der Waals surface area contributed by atoms with Crippen molar-refractivity contribution in [2.45, 2.75) is 39.0 Å². The number of nitrogens with one attached hydrogen (secondary N) is 1. The first-order valence-electron chi connectivity index (χ1n) is 6.60. The van der Waals surface area contributed by atoms with Crippen LogP contribution in [0.1, 0.15) is 39.0 Å². The smallest absolute Gasteiger partial charge is 0.0700 e. The van der Waals surface area contributed by atoms with Crippen molar-refractivity contribution in [3.63, 3.8) is 0 Å². The Morgan fingerprint density at radius 1 is 1.19 bits per heavy atom. The Morgan fingerprint density at radius 3 is 2.62 bits per heavy atom. The molecular weight excluding hydrogens is 202 g/mol. The zero-order chi connectivity index (χ0) is 11.7. The van der Waals surface area contributed by atoms with Crippen molar-refractivity contribution < 1.29 is 9.47 Å². The second-order valence-corrected chi connectivity index (χ2v) is 4.89. The first-order chi connectivity index (χ1) is 7.83. The molecule has 0 aromatic carbocycles. The van der Waals surface area contributed by atoms with Crippen LogP contribution >= 0.6 is 0 Å². The minimum atomic E-state index is 0.625. The van der Waals surface area contributed by atoms with Gasteiger partial charge in [0.15, 0.2) is 0 Å². The topological polar surface area (TPSA) is 30.5 Å². The van der Waals surface area contributed by atoms with E-state index in [1.54, 1.807) is 7.11 Å². The number of hydrogen-bond donors (Lipinski definition) is 1. The third-order valence-electron chi connectivity index (χ3n) is 3.31. The van der Waals surface area contributed by atoms with E-state index in [1.165, 1.54) is 38.6 Å². The van der Waals surface area contributed by atoms with Crippen LogP contribution in [-0.2, 0) is 9.47 Å². The Balaban J connectivity index is 1.91. The molecule has 0 atom stereocenters. The fourth-order valence-corrected chi connectivity index (χ4v) is 2.02. The predicted molar refractivity (Wildman–Crippen MR) is 66.8 cm³/mol. The number of ether oxygens (including phenoxy) is 2. The molecule has 0 radical (unpaired) electrons. The van der Waals surface area contributed by atoms with Gasteiger partial charge < -0.3 is 14.8 Å².